The summed E-state index contributed by atoms with van der Waals surface area (Å²) in [5, 5.41) is 13.1. The number of rotatable bonds is 6. The lowest BCUT2D eigenvalue weighted by molar-refractivity contribution is 0.0958. The molecule has 118 valence electrons. The van der Waals surface area contributed by atoms with Crippen molar-refractivity contribution in [3.05, 3.63) is 29.8 Å². The van der Waals surface area contributed by atoms with Crippen molar-refractivity contribution in [2.24, 2.45) is 0 Å². The summed E-state index contributed by atoms with van der Waals surface area (Å²) < 4.78 is 0. The molecular formula is C18H30N2O. The van der Waals surface area contributed by atoms with E-state index in [1.807, 2.05) is 12.1 Å². The normalized spacial score (nSPS) is 19.6. The molecule has 1 aliphatic carbocycles. The van der Waals surface area contributed by atoms with Crippen molar-refractivity contribution in [3.63, 3.8) is 0 Å². The summed E-state index contributed by atoms with van der Waals surface area (Å²) in [6.45, 7) is 3.32. The van der Waals surface area contributed by atoms with Gasteiger partial charge in [0.15, 0.2) is 0 Å². The number of nitrogens with zero attached hydrogens (tertiary/aromatic N) is 1. The molecule has 1 aliphatic rings. The van der Waals surface area contributed by atoms with Crippen molar-refractivity contribution >= 4 is 0 Å². The maximum absolute atomic E-state index is 9.34. The highest BCUT2D eigenvalue weighted by Gasteiger charge is 2.33. The van der Waals surface area contributed by atoms with Gasteiger partial charge in [0, 0.05) is 18.1 Å². The van der Waals surface area contributed by atoms with E-state index in [9.17, 15) is 5.11 Å². The molecule has 0 amide bonds. The topological polar surface area (TPSA) is 35.5 Å². The first-order valence-corrected chi connectivity index (χ1v) is 8.21. The van der Waals surface area contributed by atoms with Crippen LogP contribution in [-0.2, 0) is 6.42 Å². The molecule has 0 bridgehead atoms. The molecule has 3 nitrogen and oxygen atoms in total. The SMILES string of the molecule is CC(Cc1ccc(O)cc1)NCC1(N(C)C)CCCCC1. The summed E-state index contributed by atoms with van der Waals surface area (Å²) in [6.07, 6.45) is 7.71. The lowest BCUT2D eigenvalue weighted by Gasteiger charge is -2.44. The van der Waals surface area contributed by atoms with Crippen LogP contribution in [0.2, 0.25) is 0 Å². The Balaban J connectivity index is 1.86. The number of hydrogen-bond donors (Lipinski definition) is 2. The van der Waals surface area contributed by atoms with E-state index in [4.69, 9.17) is 0 Å². The van der Waals surface area contributed by atoms with Crippen molar-refractivity contribution in [1.82, 2.24) is 10.2 Å². The Hall–Kier alpha value is -1.06. The van der Waals surface area contributed by atoms with Crippen molar-refractivity contribution in [1.29, 1.82) is 0 Å². The fourth-order valence-electron chi connectivity index (χ4n) is 3.41. The van der Waals surface area contributed by atoms with Crippen LogP contribution in [0.15, 0.2) is 24.3 Å². The maximum Gasteiger partial charge on any atom is 0.115 e. The smallest absolute Gasteiger partial charge is 0.115 e. The van der Waals surface area contributed by atoms with Crippen LogP contribution in [0.3, 0.4) is 0 Å². The second kappa shape index (κ2) is 7.28. The molecule has 3 heteroatoms. The Morgan fingerprint density at radius 1 is 1.14 bits per heavy atom. The first-order chi connectivity index (χ1) is 10.0. The highest BCUT2D eigenvalue weighted by Crippen LogP contribution is 2.31. The third-order valence-corrected chi connectivity index (χ3v) is 4.99. The minimum Gasteiger partial charge on any atom is -0.508 e. The van der Waals surface area contributed by atoms with E-state index in [1.54, 1.807) is 12.1 Å². The number of aromatic hydroxyl groups is 1. The standard InChI is InChI=1S/C18H30N2O/c1-15(13-16-7-9-17(21)10-8-16)19-14-18(20(2)3)11-5-4-6-12-18/h7-10,15,19,21H,4-6,11-14H2,1-3H3. The molecule has 1 aromatic carbocycles. The summed E-state index contributed by atoms with van der Waals surface area (Å²) in [5.41, 5.74) is 1.61. The van der Waals surface area contributed by atoms with Crippen molar-refractivity contribution < 1.29 is 5.11 Å². The number of benzene rings is 1. The Labute approximate surface area is 129 Å². The van der Waals surface area contributed by atoms with E-state index >= 15 is 0 Å². The van der Waals surface area contributed by atoms with Crippen LogP contribution in [0, 0.1) is 0 Å². The van der Waals surface area contributed by atoms with E-state index in [1.165, 1.54) is 37.7 Å². The van der Waals surface area contributed by atoms with Gasteiger partial charge in [0.05, 0.1) is 0 Å². The molecular weight excluding hydrogens is 260 g/mol. The summed E-state index contributed by atoms with van der Waals surface area (Å²) in [5.74, 6) is 0.341. The van der Waals surface area contributed by atoms with E-state index in [-0.39, 0.29) is 0 Å². The average Bonchev–Trinajstić information content (AvgIpc) is 2.48. The van der Waals surface area contributed by atoms with E-state index in [0.717, 1.165) is 13.0 Å². The molecule has 21 heavy (non-hydrogen) atoms. The van der Waals surface area contributed by atoms with Crippen LogP contribution in [0.5, 0.6) is 5.75 Å². The van der Waals surface area contributed by atoms with Crippen LogP contribution in [0.25, 0.3) is 0 Å². The number of likely N-dealkylation sites (N-methyl/N-ethyl adjacent to an activating group) is 1. The third kappa shape index (κ3) is 4.45. The Morgan fingerprint density at radius 2 is 1.76 bits per heavy atom. The lowest BCUT2D eigenvalue weighted by Crippen LogP contribution is -2.54. The molecule has 0 aromatic heterocycles. The van der Waals surface area contributed by atoms with Gasteiger partial charge in [-0.15, -0.1) is 0 Å². The summed E-state index contributed by atoms with van der Waals surface area (Å²) in [6, 6.07) is 8.01. The summed E-state index contributed by atoms with van der Waals surface area (Å²) in [7, 11) is 4.44. The van der Waals surface area contributed by atoms with Crippen LogP contribution in [0.1, 0.15) is 44.6 Å². The second-order valence-electron chi connectivity index (χ2n) is 6.83. The lowest BCUT2D eigenvalue weighted by atomic mass is 9.80. The molecule has 0 spiro atoms. The molecule has 2 N–H and O–H groups in total. The number of phenolic OH excluding ortho intramolecular Hbond substituents is 1. The quantitative estimate of drug-likeness (QED) is 0.844. The van der Waals surface area contributed by atoms with Gasteiger partial charge in [0.25, 0.3) is 0 Å². The molecule has 2 rings (SSSR count). The number of nitrogens with one attached hydrogen (secondary N) is 1. The van der Waals surface area contributed by atoms with Gasteiger partial charge >= 0.3 is 0 Å². The molecule has 0 heterocycles. The van der Waals surface area contributed by atoms with Crippen LogP contribution >= 0.6 is 0 Å². The molecule has 0 aliphatic heterocycles. The van der Waals surface area contributed by atoms with Crippen molar-refractivity contribution in [3.8, 4) is 5.75 Å². The predicted molar refractivity (Wildman–Crippen MR) is 88.8 cm³/mol. The zero-order chi connectivity index (χ0) is 15.3. The molecule has 1 fully saturated rings. The fourth-order valence-corrected chi connectivity index (χ4v) is 3.41. The Kier molecular flexibility index (Phi) is 5.65. The minimum atomic E-state index is 0.335. The average molecular weight is 290 g/mol. The first kappa shape index (κ1) is 16.3. The minimum absolute atomic E-state index is 0.335. The van der Waals surface area contributed by atoms with Crippen LogP contribution in [0.4, 0.5) is 0 Å². The van der Waals surface area contributed by atoms with Gasteiger partial charge in [-0.1, -0.05) is 31.4 Å². The summed E-state index contributed by atoms with van der Waals surface area (Å²) >= 11 is 0. The zero-order valence-corrected chi connectivity index (χ0v) is 13.7. The van der Waals surface area contributed by atoms with Crippen molar-refractivity contribution in [2.45, 2.75) is 57.0 Å². The van der Waals surface area contributed by atoms with E-state index in [0.29, 0.717) is 17.3 Å². The first-order valence-electron chi connectivity index (χ1n) is 8.21. The molecule has 1 atom stereocenters. The van der Waals surface area contributed by atoms with Gasteiger partial charge in [-0.3, -0.25) is 0 Å². The highest BCUT2D eigenvalue weighted by atomic mass is 16.3. The molecule has 0 radical (unpaired) electrons. The van der Waals surface area contributed by atoms with Crippen LogP contribution < -0.4 is 5.32 Å². The highest BCUT2D eigenvalue weighted by molar-refractivity contribution is 5.26. The maximum atomic E-state index is 9.34. The van der Waals surface area contributed by atoms with Gasteiger partial charge in [-0.05, 0) is 58.0 Å². The monoisotopic (exact) mass is 290 g/mol. The zero-order valence-electron chi connectivity index (χ0n) is 13.7. The number of hydrogen-bond acceptors (Lipinski definition) is 3. The van der Waals surface area contributed by atoms with Gasteiger partial charge in [0.2, 0.25) is 0 Å². The van der Waals surface area contributed by atoms with Gasteiger partial charge in [-0.2, -0.15) is 0 Å². The van der Waals surface area contributed by atoms with Crippen LogP contribution in [-0.4, -0.2) is 42.2 Å². The van der Waals surface area contributed by atoms with E-state index < -0.39 is 0 Å². The third-order valence-electron chi connectivity index (χ3n) is 4.99. The Morgan fingerprint density at radius 3 is 2.33 bits per heavy atom. The largest absolute Gasteiger partial charge is 0.508 e. The second-order valence-corrected chi connectivity index (χ2v) is 6.83. The summed E-state index contributed by atoms with van der Waals surface area (Å²) in [4.78, 5) is 2.42. The van der Waals surface area contributed by atoms with Crippen molar-refractivity contribution in [2.75, 3.05) is 20.6 Å². The predicted octanol–water partition coefficient (Wildman–Crippen LogP) is 3.18. The fraction of sp³-hybridized carbons (Fsp3) is 0.667. The molecule has 1 aromatic rings. The molecule has 0 saturated heterocycles. The van der Waals surface area contributed by atoms with Gasteiger partial charge < -0.3 is 15.3 Å². The molecule has 1 saturated carbocycles. The van der Waals surface area contributed by atoms with Gasteiger partial charge in [-0.25, -0.2) is 0 Å². The van der Waals surface area contributed by atoms with Gasteiger partial charge in [0.1, 0.15) is 5.75 Å². The van der Waals surface area contributed by atoms with E-state index in [2.05, 4.69) is 31.2 Å². The Bertz CT molecular complexity index is 421. The number of phenols is 1. The molecule has 1 unspecified atom stereocenters.